The molecule has 6 nitrogen and oxygen atoms in total. The summed E-state index contributed by atoms with van der Waals surface area (Å²) in [6.07, 6.45) is 0.401. The number of fused-ring (bicyclic) bond motifs is 1. The van der Waals surface area contributed by atoms with Crippen molar-refractivity contribution in [1.29, 1.82) is 0 Å². The highest BCUT2D eigenvalue weighted by molar-refractivity contribution is 6.31. The van der Waals surface area contributed by atoms with Gasteiger partial charge in [-0.1, -0.05) is 32.4 Å². The number of carbonyl (C=O) groups excluding carboxylic acids is 2. The second-order valence-corrected chi connectivity index (χ2v) is 8.86. The van der Waals surface area contributed by atoms with Crippen molar-refractivity contribution in [3.8, 4) is 11.3 Å². The van der Waals surface area contributed by atoms with Crippen molar-refractivity contribution in [3.05, 3.63) is 40.3 Å². The smallest absolute Gasteiger partial charge is 0.252 e. The lowest BCUT2D eigenvalue weighted by Gasteiger charge is -2.35. The number of nitrogens with zero attached hydrogens (tertiary/aromatic N) is 3. The molecule has 2 N–H and O–H groups in total. The first-order valence-corrected chi connectivity index (χ1v) is 9.50. The molecule has 3 rings (SSSR count). The van der Waals surface area contributed by atoms with Gasteiger partial charge in [-0.15, -0.1) is 0 Å². The summed E-state index contributed by atoms with van der Waals surface area (Å²) >= 11 is 5.89. The monoisotopic (exact) mass is 406 g/mol. The molecule has 1 atom stereocenters. The molecule has 0 bridgehead atoms. The first-order valence-electron chi connectivity index (χ1n) is 9.12. The number of benzene rings is 1. The number of hydrogen-bond acceptors (Lipinski definition) is 3. The summed E-state index contributed by atoms with van der Waals surface area (Å²) in [5.74, 6) is -1.17. The average molecular weight is 407 g/mol. The zero-order chi connectivity index (χ0) is 20.8. The molecule has 0 saturated carbocycles. The molecule has 0 fully saturated rings. The fraction of sp³-hybridized carbons (Fsp3) is 0.450. The average Bonchev–Trinajstić information content (AvgIpc) is 2.93. The van der Waals surface area contributed by atoms with E-state index in [0.717, 1.165) is 0 Å². The first kappa shape index (κ1) is 20.3. The van der Waals surface area contributed by atoms with Gasteiger partial charge in [0.15, 0.2) is 0 Å². The van der Waals surface area contributed by atoms with Gasteiger partial charge >= 0.3 is 0 Å². The number of hydrogen-bond donors (Lipinski definition) is 1. The van der Waals surface area contributed by atoms with Gasteiger partial charge < -0.3 is 10.6 Å². The summed E-state index contributed by atoms with van der Waals surface area (Å²) in [5.41, 5.74) is 7.18. The van der Waals surface area contributed by atoms with Crippen LogP contribution in [-0.4, -0.2) is 32.5 Å². The molecule has 1 aromatic heterocycles. The maximum atomic E-state index is 13.5. The molecule has 150 valence electrons. The SMILES string of the molecule is CC1Cn2nc(-c3ccc(F)c(Cl)c3)c(C(N)=O)c2CN1C(=O)CC(C)(C)C. The first-order chi connectivity index (χ1) is 13.0. The number of amides is 2. The standard InChI is InChI=1S/C20H24ClFN4O2/c1-11-9-26-15(10-25(11)16(27)8-20(2,3)4)17(19(23)28)18(24-26)12-5-6-14(22)13(21)7-12/h5-7,11H,8-10H2,1-4H3,(H2,23,28). The van der Waals surface area contributed by atoms with E-state index in [0.29, 0.717) is 29.9 Å². The second kappa shape index (κ2) is 7.20. The van der Waals surface area contributed by atoms with E-state index in [1.807, 2.05) is 27.7 Å². The molecule has 2 heterocycles. The maximum Gasteiger partial charge on any atom is 0.252 e. The van der Waals surface area contributed by atoms with Gasteiger partial charge in [0.05, 0.1) is 29.4 Å². The van der Waals surface area contributed by atoms with E-state index in [-0.39, 0.29) is 34.5 Å². The topological polar surface area (TPSA) is 81.2 Å². The molecular weight excluding hydrogens is 383 g/mol. The van der Waals surface area contributed by atoms with Crippen molar-refractivity contribution >= 4 is 23.4 Å². The van der Waals surface area contributed by atoms with E-state index >= 15 is 0 Å². The quantitative estimate of drug-likeness (QED) is 0.845. The molecule has 0 saturated heterocycles. The van der Waals surface area contributed by atoms with Crippen LogP contribution in [0.1, 0.15) is 50.2 Å². The van der Waals surface area contributed by atoms with Crippen molar-refractivity contribution < 1.29 is 14.0 Å². The third-order valence-electron chi connectivity index (χ3n) is 4.79. The van der Waals surface area contributed by atoms with Gasteiger partial charge in [-0.2, -0.15) is 5.10 Å². The number of rotatable bonds is 3. The van der Waals surface area contributed by atoms with Crippen molar-refractivity contribution in [2.45, 2.75) is 53.2 Å². The summed E-state index contributed by atoms with van der Waals surface area (Å²) in [5, 5.41) is 4.47. The third-order valence-corrected chi connectivity index (χ3v) is 5.08. The molecule has 1 aliphatic heterocycles. The van der Waals surface area contributed by atoms with E-state index in [4.69, 9.17) is 17.3 Å². The highest BCUT2D eigenvalue weighted by atomic mass is 35.5. The molecule has 0 aliphatic carbocycles. The van der Waals surface area contributed by atoms with Crippen LogP contribution >= 0.6 is 11.6 Å². The van der Waals surface area contributed by atoms with Crippen LogP contribution in [0, 0.1) is 11.2 Å². The molecule has 1 aromatic carbocycles. The van der Waals surface area contributed by atoms with Gasteiger partial charge in [0.25, 0.3) is 5.91 Å². The Labute approximate surface area is 168 Å². The van der Waals surface area contributed by atoms with Crippen LogP contribution in [0.25, 0.3) is 11.3 Å². The summed E-state index contributed by atoms with van der Waals surface area (Å²) in [6.45, 7) is 8.67. The fourth-order valence-corrected chi connectivity index (χ4v) is 3.65. The van der Waals surface area contributed by atoms with Crippen LogP contribution in [0.2, 0.25) is 5.02 Å². The Balaban J connectivity index is 2.04. The van der Waals surface area contributed by atoms with E-state index in [9.17, 15) is 14.0 Å². The lowest BCUT2D eigenvalue weighted by molar-refractivity contribution is -0.137. The van der Waals surface area contributed by atoms with Crippen LogP contribution < -0.4 is 5.73 Å². The number of carbonyl (C=O) groups is 2. The Morgan fingerprint density at radius 3 is 2.61 bits per heavy atom. The Kier molecular flexibility index (Phi) is 5.23. The van der Waals surface area contributed by atoms with E-state index in [1.165, 1.54) is 18.2 Å². The predicted octanol–water partition coefficient (Wildman–Crippen LogP) is 3.61. The van der Waals surface area contributed by atoms with Gasteiger partial charge in [-0.3, -0.25) is 14.3 Å². The highest BCUT2D eigenvalue weighted by Crippen LogP contribution is 2.32. The summed E-state index contributed by atoms with van der Waals surface area (Å²) in [4.78, 5) is 26.8. The third kappa shape index (κ3) is 3.90. The van der Waals surface area contributed by atoms with Crippen molar-refractivity contribution in [1.82, 2.24) is 14.7 Å². The van der Waals surface area contributed by atoms with Gasteiger partial charge in [0, 0.05) is 18.0 Å². The van der Waals surface area contributed by atoms with Gasteiger partial charge in [-0.05, 0) is 30.5 Å². The Bertz CT molecular complexity index is 948. The minimum atomic E-state index is -0.644. The summed E-state index contributed by atoms with van der Waals surface area (Å²) < 4.78 is 15.2. The number of aromatic nitrogens is 2. The second-order valence-electron chi connectivity index (χ2n) is 8.45. The summed E-state index contributed by atoms with van der Waals surface area (Å²) in [6, 6.07) is 4.08. The molecular formula is C20H24ClFN4O2. The Morgan fingerprint density at radius 1 is 1.36 bits per heavy atom. The summed E-state index contributed by atoms with van der Waals surface area (Å²) in [7, 11) is 0. The lowest BCUT2D eigenvalue weighted by Crippen LogP contribution is -2.46. The Hall–Kier alpha value is -2.41. The van der Waals surface area contributed by atoms with Crippen LogP contribution in [0.3, 0.4) is 0 Å². The van der Waals surface area contributed by atoms with Crippen LogP contribution in [0.15, 0.2) is 18.2 Å². The molecule has 0 radical (unpaired) electrons. The number of primary amides is 1. The molecule has 2 amide bonds. The van der Waals surface area contributed by atoms with E-state index < -0.39 is 11.7 Å². The molecule has 1 aliphatic rings. The van der Waals surface area contributed by atoms with Gasteiger partial charge in [-0.25, -0.2) is 4.39 Å². The zero-order valence-electron chi connectivity index (χ0n) is 16.4. The van der Waals surface area contributed by atoms with Gasteiger partial charge in [0.2, 0.25) is 5.91 Å². The van der Waals surface area contributed by atoms with Crippen LogP contribution in [-0.2, 0) is 17.9 Å². The normalized spacial score (nSPS) is 16.8. The Morgan fingerprint density at radius 2 is 2.04 bits per heavy atom. The largest absolute Gasteiger partial charge is 0.365 e. The molecule has 0 spiro atoms. The van der Waals surface area contributed by atoms with Crippen molar-refractivity contribution in [3.63, 3.8) is 0 Å². The predicted molar refractivity (Wildman–Crippen MR) is 105 cm³/mol. The molecule has 28 heavy (non-hydrogen) atoms. The maximum absolute atomic E-state index is 13.5. The van der Waals surface area contributed by atoms with Crippen LogP contribution in [0.5, 0.6) is 0 Å². The minimum absolute atomic E-state index is 0.0225. The fourth-order valence-electron chi connectivity index (χ4n) is 3.47. The minimum Gasteiger partial charge on any atom is -0.365 e. The van der Waals surface area contributed by atoms with Crippen molar-refractivity contribution in [2.75, 3.05) is 0 Å². The highest BCUT2D eigenvalue weighted by Gasteiger charge is 2.34. The van der Waals surface area contributed by atoms with E-state index in [1.54, 1.807) is 9.58 Å². The van der Waals surface area contributed by atoms with Gasteiger partial charge in [0.1, 0.15) is 11.5 Å². The molecule has 1 unspecified atom stereocenters. The number of nitrogens with two attached hydrogens (primary N) is 1. The lowest BCUT2D eigenvalue weighted by atomic mass is 9.91. The van der Waals surface area contributed by atoms with E-state index in [2.05, 4.69) is 5.10 Å². The molecule has 8 heteroatoms. The number of halogens is 2. The van der Waals surface area contributed by atoms with Crippen molar-refractivity contribution in [2.24, 2.45) is 11.1 Å². The van der Waals surface area contributed by atoms with Crippen LogP contribution in [0.4, 0.5) is 4.39 Å². The molecule has 2 aromatic rings. The zero-order valence-corrected chi connectivity index (χ0v) is 17.2.